The van der Waals surface area contributed by atoms with Crippen LogP contribution < -0.4 is 10.6 Å². The van der Waals surface area contributed by atoms with Gasteiger partial charge in [-0.1, -0.05) is 6.07 Å². The largest absolute Gasteiger partial charge is 0.359 e. The summed E-state index contributed by atoms with van der Waals surface area (Å²) in [6, 6.07) is 4.38. The van der Waals surface area contributed by atoms with Crippen molar-refractivity contribution in [2.24, 2.45) is 5.73 Å². The number of pyridine rings is 1. The molecule has 0 amide bonds. The Morgan fingerprint density at radius 3 is 2.75 bits per heavy atom. The fourth-order valence-corrected chi connectivity index (χ4v) is 1.93. The molecule has 0 spiro atoms. The van der Waals surface area contributed by atoms with Crippen LogP contribution in [0.5, 0.6) is 0 Å². The fourth-order valence-electron chi connectivity index (χ4n) is 1.48. The van der Waals surface area contributed by atoms with Crippen molar-refractivity contribution in [3.63, 3.8) is 0 Å². The van der Waals surface area contributed by atoms with E-state index in [-0.39, 0.29) is 6.04 Å². The average molecular weight is 239 g/mol. The predicted molar refractivity (Wildman–Crippen MR) is 73.2 cm³/mol. The first kappa shape index (κ1) is 13.3. The van der Waals surface area contributed by atoms with Crippen molar-refractivity contribution in [1.29, 1.82) is 0 Å². The Bertz CT molecular complexity index is 298. The van der Waals surface area contributed by atoms with E-state index in [2.05, 4.69) is 35.3 Å². The molecule has 1 atom stereocenters. The summed E-state index contributed by atoms with van der Waals surface area (Å²) in [5, 5.41) is 0. The lowest BCUT2D eigenvalue weighted by Gasteiger charge is -2.17. The van der Waals surface area contributed by atoms with Gasteiger partial charge in [0.25, 0.3) is 0 Å². The number of hydrogen-bond acceptors (Lipinski definition) is 4. The van der Waals surface area contributed by atoms with E-state index in [9.17, 15) is 0 Å². The molecule has 16 heavy (non-hydrogen) atoms. The standard InChI is InChI=1S/C12H21N3S/c1-10(13)8-11-4-5-12(14-9-11)15(2)6-7-16-3/h4-5,9-10H,6-8,13H2,1-3H3. The summed E-state index contributed by atoms with van der Waals surface area (Å²) in [7, 11) is 2.07. The lowest BCUT2D eigenvalue weighted by atomic mass is 10.1. The van der Waals surface area contributed by atoms with Gasteiger partial charge in [-0.05, 0) is 31.2 Å². The van der Waals surface area contributed by atoms with Crippen LogP contribution in [-0.4, -0.2) is 36.6 Å². The SMILES string of the molecule is CSCCN(C)c1ccc(CC(C)N)cn1. The van der Waals surface area contributed by atoms with E-state index in [1.807, 2.05) is 24.9 Å². The highest BCUT2D eigenvalue weighted by Gasteiger charge is 2.03. The Morgan fingerprint density at radius 2 is 2.25 bits per heavy atom. The Balaban J connectivity index is 2.56. The molecule has 1 heterocycles. The van der Waals surface area contributed by atoms with Crippen LogP contribution in [0.25, 0.3) is 0 Å². The fraction of sp³-hybridized carbons (Fsp3) is 0.583. The van der Waals surface area contributed by atoms with E-state index >= 15 is 0 Å². The Labute approximate surface area is 102 Å². The van der Waals surface area contributed by atoms with Gasteiger partial charge in [-0.25, -0.2) is 4.98 Å². The van der Waals surface area contributed by atoms with Gasteiger partial charge >= 0.3 is 0 Å². The topological polar surface area (TPSA) is 42.1 Å². The summed E-state index contributed by atoms with van der Waals surface area (Å²) in [6.45, 7) is 3.04. The van der Waals surface area contributed by atoms with E-state index in [1.54, 1.807) is 0 Å². The second-order valence-electron chi connectivity index (χ2n) is 4.12. The van der Waals surface area contributed by atoms with Crippen LogP contribution in [0, 0.1) is 0 Å². The molecular weight excluding hydrogens is 218 g/mol. The van der Waals surface area contributed by atoms with Crippen molar-refractivity contribution in [2.45, 2.75) is 19.4 Å². The van der Waals surface area contributed by atoms with Crippen LogP contribution in [0.15, 0.2) is 18.3 Å². The maximum Gasteiger partial charge on any atom is 0.128 e. The highest BCUT2D eigenvalue weighted by molar-refractivity contribution is 7.98. The van der Waals surface area contributed by atoms with Crippen LogP contribution in [-0.2, 0) is 6.42 Å². The highest BCUT2D eigenvalue weighted by Crippen LogP contribution is 2.11. The zero-order valence-electron chi connectivity index (χ0n) is 10.3. The molecule has 2 N–H and O–H groups in total. The van der Waals surface area contributed by atoms with Gasteiger partial charge in [-0.15, -0.1) is 0 Å². The number of nitrogens with two attached hydrogens (primary N) is 1. The first-order valence-corrected chi connectivity index (χ1v) is 6.93. The number of aromatic nitrogens is 1. The average Bonchev–Trinajstić information content (AvgIpc) is 2.26. The molecule has 1 rings (SSSR count). The second kappa shape index (κ2) is 6.76. The molecule has 1 aromatic rings. The van der Waals surface area contributed by atoms with Crippen molar-refractivity contribution in [3.05, 3.63) is 23.9 Å². The monoisotopic (exact) mass is 239 g/mol. The Hall–Kier alpha value is -0.740. The van der Waals surface area contributed by atoms with Gasteiger partial charge in [0.05, 0.1) is 0 Å². The van der Waals surface area contributed by atoms with E-state index in [0.29, 0.717) is 0 Å². The number of rotatable bonds is 6. The molecule has 0 aromatic carbocycles. The van der Waals surface area contributed by atoms with Gasteiger partial charge in [-0.2, -0.15) is 11.8 Å². The third-order valence-electron chi connectivity index (χ3n) is 2.39. The van der Waals surface area contributed by atoms with Gasteiger partial charge in [-0.3, -0.25) is 0 Å². The molecule has 0 aliphatic rings. The van der Waals surface area contributed by atoms with E-state index in [4.69, 9.17) is 5.73 Å². The van der Waals surface area contributed by atoms with Gasteiger partial charge in [0.2, 0.25) is 0 Å². The Kier molecular flexibility index (Phi) is 5.63. The van der Waals surface area contributed by atoms with Crippen molar-refractivity contribution in [1.82, 2.24) is 4.98 Å². The van der Waals surface area contributed by atoms with Crippen molar-refractivity contribution >= 4 is 17.6 Å². The molecule has 0 saturated carbocycles. The number of nitrogens with zero attached hydrogens (tertiary/aromatic N) is 2. The maximum absolute atomic E-state index is 5.75. The summed E-state index contributed by atoms with van der Waals surface area (Å²) in [6.07, 6.45) is 4.93. The third kappa shape index (κ3) is 4.41. The summed E-state index contributed by atoms with van der Waals surface area (Å²) < 4.78 is 0. The minimum atomic E-state index is 0.196. The van der Waals surface area contributed by atoms with Crippen LogP contribution >= 0.6 is 11.8 Å². The van der Waals surface area contributed by atoms with E-state index in [1.165, 1.54) is 5.56 Å². The molecular formula is C12H21N3S. The molecule has 90 valence electrons. The summed E-state index contributed by atoms with van der Waals surface area (Å²) in [5.74, 6) is 2.15. The van der Waals surface area contributed by atoms with Gasteiger partial charge in [0.15, 0.2) is 0 Å². The van der Waals surface area contributed by atoms with Gasteiger partial charge in [0.1, 0.15) is 5.82 Å². The molecule has 1 unspecified atom stereocenters. The molecule has 0 aliphatic carbocycles. The highest BCUT2D eigenvalue weighted by atomic mass is 32.2. The molecule has 0 saturated heterocycles. The number of anilines is 1. The third-order valence-corrected chi connectivity index (χ3v) is 2.98. The minimum absolute atomic E-state index is 0.196. The molecule has 0 bridgehead atoms. The maximum atomic E-state index is 5.75. The Morgan fingerprint density at radius 1 is 1.50 bits per heavy atom. The normalized spacial score (nSPS) is 12.5. The molecule has 0 radical (unpaired) electrons. The minimum Gasteiger partial charge on any atom is -0.359 e. The van der Waals surface area contributed by atoms with E-state index < -0.39 is 0 Å². The lowest BCUT2D eigenvalue weighted by molar-refractivity contribution is 0.735. The van der Waals surface area contributed by atoms with Gasteiger partial charge < -0.3 is 10.6 Å². The second-order valence-corrected chi connectivity index (χ2v) is 5.11. The molecule has 0 fully saturated rings. The molecule has 1 aromatic heterocycles. The van der Waals surface area contributed by atoms with Crippen LogP contribution in [0.4, 0.5) is 5.82 Å². The molecule has 0 aliphatic heterocycles. The zero-order chi connectivity index (χ0) is 12.0. The quantitative estimate of drug-likeness (QED) is 0.821. The summed E-state index contributed by atoms with van der Waals surface area (Å²) in [5.41, 5.74) is 6.95. The molecule has 4 heteroatoms. The lowest BCUT2D eigenvalue weighted by Crippen LogP contribution is -2.21. The zero-order valence-corrected chi connectivity index (χ0v) is 11.1. The van der Waals surface area contributed by atoms with E-state index in [0.717, 1.165) is 24.5 Å². The number of thioether (sulfide) groups is 1. The van der Waals surface area contributed by atoms with Crippen LogP contribution in [0.1, 0.15) is 12.5 Å². The van der Waals surface area contributed by atoms with Crippen molar-refractivity contribution in [3.8, 4) is 0 Å². The molecule has 3 nitrogen and oxygen atoms in total. The smallest absolute Gasteiger partial charge is 0.128 e. The van der Waals surface area contributed by atoms with Crippen LogP contribution in [0.3, 0.4) is 0 Å². The predicted octanol–water partition coefficient (Wildman–Crippen LogP) is 1.77. The first-order chi connectivity index (χ1) is 7.63. The first-order valence-electron chi connectivity index (χ1n) is 5.54. The van der Waals surface area contributed by atoms with Crippen molar-refractivity contribution < 1.29 is 0 Å². The summed E-state index contributed by atoms with van der Waals surface area (Å²) in [4.78, 5) is 6.62. The number of hydrogen-bond donors (Lipinski definition) is 1. The summed E-state index contributed by atoms with van der Waals surface area (Å²) >= 11 is 1.85. The van der Waals surface area contributed by atoms with Gasteiger partial charge in [0, 0.05) is 31.6 Å². The van der Waals surface area contributed by atoms with Crippen molar-refractivity contribution in [2.75, 3.05) is 30.5 Å². The van der Waals surface area contributed by atoms with Crippen LogP contribution in [0.2, 0.25) is 0 Å².